The van der Waals surface area contributed by atoms with Gasteiger partial charge in [0, 0.05) is 18.1 Å². The van der Waals surface area contributed by atoms with Crippen LogP contribution in [0.2, 0.25) is 5.02 Å². The van der Waals surface area contributed by atoms with Crippen molar-refractivity contribution in [3.63, 3.8) is 0 Å². The van der Waals surface area contributed by atoms with Crippen LogP contribution in [0.3, 0.4) is 0 Å². The number of halogens is 1. The Hall–Kier alpha value is -3.19. The maximum Gasteiger partial charge on any atom is 0.293 e. The lowest BCUT2D eigenvalue weighted by atomic mass is 9.99. The Morgan fingerprint density at radius 2 is 2.03 bits per heavy atom. The van der Waals surface area contributed by atoms with Gasteiger partial charge in [0.15, 0.2) is 23.2 Å². The van der Waals surface area contributed by atoms with Crippen molar-refractivity contribution < 1.29 is 9.53 Å². The van der Waals surface area contributed by atoms with Gasteiger partial charge in [-0.1, -0.05) is 31.5 Å². The standard InChI is InChI=1S/C23H23ClN4O3.C2H6/c1-14(29)13-31-20-11-16-10-17(8-9-19(16)28(2)23(20)30)26-22-18(24)12-25-21(27-22)15-6-4-3-5-7-15;1-2/h6,8-12H,3-5,7,13H2,1-2H3,(H,25,26,27);1-2H3. The molecular weight excluding hydrogens is 440 g/mol. The van der Waals surface area contributed by atoms with Crippen molar-refractivity contribution in [2.45, 2.75) is 46.5 Å². The average Bonchev–Trinajstić information content (AvgIpc) is 2.83. The molecule has 33 heavy (non-hydrogen) atoms. The maximum absolute atomic E-state index is 12.5. The molecule has 3 aromatic rings. The van der Waals surface area contributed by atoms with Crippen molar-refractivity contribution in [2.75, 3.05) is 11.9 Å². The number of pyridine rings is 1. The summed E-state index contributed by atoms with van der Waals surface area (Å²) in [6.45, 7) is 5.27. The van der Waals surface area contributed by atoms with Gasteiger partial charge >= 0.3 is 0 Å². The third-order valence-electron chi connectivity index (χ3n) is 5.21. The first kappa shape index (κ1) is 24.5. The topological polar surface area (TPSA) is 86.1 Å². The number of Topliss-reactive ketones (excluding diaryl/α,β-unsaturated/α-hetero) is 1. The molecule has 2 aromatic heterocycles. The normalized spacial score (nSPS) is 13.1. The van der Waals surface area contributed by atoms with Crippen LogP contribution in [0, 0.1) is 0 Å². The van der Waals surface area contributed by atoms with Crippen LogP contribution in [-0.2, 0) is 11.8 Å². The van der Waals surface area contributed by atoms with Crippen molar-refractivity contribution >= 4 is 45.4 Å². The molecule has 4 rings (SSSR count). The predicted octanol–water partition coefficient (Wildman–Crippen LogP) is 5.68. The van der Waals surface area contributed by atoms with Gasteiger partial charge < -0.3 is 14.6 Å². The summed E-state index contributed by atoms with van der Waals surface area (Å²) in [7, 11) is 1.67. The number of hydrogen-bond acceptors (Lipinski definition) is 6. The van der Waals surface area contributed by atoms with Crippen LogP contribution < -0.4 is 15.6 Å². The van der Waals surface area contributed by atoms with Gasteiger partial charge in [-0.15, -0.1) is 0 Å². The number of ketones is 1. The second kappa shape index (κ2) is 11.1. The highest BCUT2D eigenvalue weighted by Gasteiger charge is 2.13. The Balaban J connectivity index is 0.00000149. The molecule has 174 valence electrons. The fraction of sp³-hybridized carbons (Fsp3) is 0.360. The number of benzene rings is 1. The van der Waals surface area contributed by atoms with E-state index in [-0.39, 0.29) is 23.7 Å². The number of hydrogen-bond donors (Lipinski definition) is 1. The van der Waals surface area contributed by atoms with Crippen molar-refractivity contribution in [3.8, 4) is 5.75 Å². The number of carbonyl (C=O) groups is 1. The van der Waals surface area contributed by atoms with Crippen LogP contribution >= 0.6 is 11.6 Å². The van der Waals surface area contributed by atoms with E-state index < -0.39 is 0 Å². The average molecular weight is 469 g/mol. The highest BCUT2D eigenvalue weighted by Crippen LogP contribution is 2.29. The van der Waals surface area contributed by atoms with Crippen molar-refractivity contribution in [1.82, 2.24) is 14.5 Å². The number of nitrogens with zero attached hydrogens (tertiary/aromatic N) is 3. The minimum Gasteiger partial charge on any atom is -0.480 e. The summed E-state index contributed by atoms with van der Waals surface area (Å²) in [5, 5.41) is 4.46. The molecule has 0 bridgehead atoms. The Bertz CT molecular complexity index is 1250. The summed E-state index contributed by atoms with van der Waals surface area (Å²) < 4.78 is 6.90. The van der Waals surface area contributed by atoms with Gasteiger partial charge in [0.25, 0.3) is 5.56 Å². The van der Waals surface area contributed by atoms with E-state index >= 15 is 0 Å². The van der Waals surface area contributed by atoms with Gasteiger partial charge in [0.05, 0.1) is 11.7 Å². The lowest BCUT2D eigenvalue weighted by Crippen LogP contribution is -2.21. The summed E-state index contributed by atoms with van der Waals surface area (Å²) in [6.07, 6.45) is 8.14. The van der Waals surface area contributed by atoms with E-state index in [0.717, 1.165) is 41.4 Å². The molecule has 0 spiro atoms. The first-order valence-electron chi connectivity index (χ1n) is 11.2. The van der Waals surface area contributed by atoms with Crippen LogP contribution in [0.1, 0.15) is 52.3 Å². The van der Waals surface area contributed by atoms with E-state index in [9.17, 15) is 9.59 Å². The van der Waals surface area contributed by atoms with E-state index in [1.165, 1.54) is 17.9 Å². The Kier molecular flexibility index (Phi) is 8.22. The molecule has 1 aromatic carbocycles. The maximum atomic E-state index is 12.5. The number of nitrogens with one attached hydrogen (secondary N) is 1. The third-order valence-corrected chi connectivity index (χ3v) is 5.48. The van der Waals surface area contributed by atoms with E-state index in [1.54, 1.807) is 19.3 Å². The molecule has 0 atom stereocenters. The Morgan fingerprint density at radius 3 is 2.73 bits per heavy atom. The van der Waals surface area contributed by atoms with Crippen molar-refractivity contribution in [1.29, 1.82) is 0 Å². The predicted molar refractivity (Wildman–Crippen MR) is 133 cm³/mol. The van der Waals surface area contributed by atoms with Gasteiger partial charge in [-0.3, -0.25) is 9.59 Å². The van der Waals surface area contributed by atoms with Crippen LogP contribution in [0.4, 0.5) is 11.5 Å². The second-order valence-electron chi connectivity index (χ2n) is 7.63. The van der Waals surface area contributed by atoms with Gasteiger partial charge in [-0.05, 0) is 62.4 Å². The van der Waals surface area contributed by atoms with Gasteiger partial charge in [-0.25, -0.2) is 9.97 Å². The molecule has 1 aliphatic carbocycles. The lowest BCUT2D eigenvalue weighted by Gasteiger charge is -2.14. The fourth-order valence-electron chi connectivity index (χ4n) is 3.60. The highest BCUT2D eigenvalue weighted by molar-refractivity contribution is 6.32. The number of anilines is 2. The summed E-state index contributed by atoms with van der Waals surface area (Å²) >= 11 is 6.34. The molecular formula is C25H29ClN4O3. The Labute approximate surface area is 198 Å². The molecule has 0 aliphatic heterocycles. The molecule has 0 amide bonds. The zero-order chi connectivity index (χ0) is 24.0. The zero-order valence-electron chi connectivity index (χ0n) is 19.4. The number of aryl methyl sites for hydroxylation is 1. The lowest BCUT2D eigenvalue weighted by molar-refractivity contribution is -0.118. The van der Waals surface area contributed by atoms with Gasteiger partial charge in [0.2, 0.25) is 0 Å². The number of rotatable bonds is 6. The molecule has 7 nitrogen and oxygen atoms in total. The molecule has 0 saturated heterocycles. The van der Waals surface area contributed by atoms with Crippen molar-refractivity contribution in [2.24, 2.45) is 7.05 Å². The highest BCUT2D eigenvalue weighted by atomic mass is 35.5. The SMILES string of the molecule is CC.CC(=O)COc1cc2cc(Nc3nc(C4=CCCCC4)ncc3Cl)ccc2n(C)c1=O. The number of fused-ring (bicyclic) bond motifs is 1. The first-order chi connectivity index (χ1) is 15.9. The number of ether oxygens (including phenoxy) is 1. The minimum absolute atomic E-state index is 0.133. The van der Waals surface area contributed by atoms with Crippen LogP contribution in [-0.4, -0.2) is 26.9 Å². The molecule has 0 fully saturated rings. The summed E-state index contributed by atoms with van der Waals surface area (Å²) in [5.74, 6) is 1.19. The second-order valence-corrected chi connectivity index (χ2v) is 8.03. The Morgan fingerprint density at radius 1 is 1.24 bits per heavy atom. The molecule has 1 N–H and O–H groups in total. The largest absolute Gasteiger partial charge is 0.480 e. The van der Waals surface area contributed by atoms with Gasteiger partial charge in [0.1, 0.15) is 11.6 Å². The van der Waals surface area contributed by atoms with Crippen LogP contribution in [0.15, 0.2) is 41.3 Å². The smallest absolute Gasteiger partial charge is 0.293 e. The van der Waals surface area contributed by atoms with Gasteiger partial charge in [-0.2, -0.15) is 0 Å². The van der Waals surface area contributed by atoms with Crippen molar-refractivity contribution in [3.05, 3.63) is 57.7 Å². The fourth-order valence-corrected chi connectivity index (χ4v) is 3.74. The third kappa shape index (κ3) is 5.79. The molecule has 2 heterocycles. The molecule has 0 saturated carbocycles. The minimum atomic E-state index is -0.293. The molecule has 8 heteroatoms. The molecule has 0 radical (unpaired) electrons. The molecule has 0 unspecified atom stereocenters. The zero-order valence-corrected chi connectivity index (χ0v) is 20.2. The van der Waals surface area contributed by atoms with E-state index in [1.807, 2.05) is 32.0 Å². The number of aromatic nitrogens is 3. The quantitative estimate of drug-likeness (QED) is 0.501. The summed E-state index contributed by atoms with van der Waals surface area (Å²) in [4.78, 5) is 32.7. The summed E-state index contributed by atoms with van der Waals surface area (Å²) in [6, 6.07) is 7.22. The summed E-state index contributed by atoms with van der Waals surface area (Å²) in [5.41, 5.74) is 2.35. The van der Waals surface area contributed by atoms with E-state index in [4.69, 9.17) is 16.3 Å². The number of carbonyl (C=O) groups excluding carboxylic acids is 1. The monoisotopic (exact) mass is 468 g/mol. The van der Waals surface area contributed by atoms with E-state index in [0.29, 0.717) is 16.7 Å². The number of allylic oxidation sites excluding steroid dienone is 2. The van der Waals surface area contributed by atoms with Crippen LogP contribution in [0.5, 0.6) is 5.75 Å². The molecule has 1 aliphatic rings. The van der Waals surface area contributed by atoms with E-state index in [2.05, 4.69) is 21.4 Å². The van der Waals surface area contributed by atoms with Crippen LogP contribution in [0.25, 0.3) is 16.5 Å². The first-order valence-corrected chi connectivity index (χ1v) is 11.5.